The van der Waals surface area contributed by atoms with Gasteiger partial charge in [0, 0.05) is 21.8 Å². The molecule has 0 amide bonds. The molecule has 0 bridgehead atoms. The Morgan fingerprint density at radius 2 is 1.45 bits per heavy atom. The third kappa shape index (κ3) is 6.64. The van der Waals surface area contributed by atoms with Crippen LogP contribution in [0, 0.1) is 0 Å². The van der Waals surface area contributed by atoms with Gasteiger partial charge >= 0.3 is 5.97 Å². The first kappa shape index (κ1) is 26.5. The smallest absolute Gasteiger partial charge is 0.335 e. The zero-order chi connectivity index (χ0) is 23.5. The lowest BCUT2D eigenvalue weighted by Gasteiger charge is -2.42. The first-order chi connectivity index (χ1) is 14.4. The molecule has 6 N–H and O–H groups in total. The highest BCUT2D eigenvalue weighted by Gasteiger charge is 2.50. The van der Waals surface area contributed by atoms with Gasteiger partial charge in [0.1, 0.15) is 42.7 Å². The van der Waals surface area contributed by atoms with Crippen molar-refractivity contribution in [2.45, 2.75) is 87.1 Å². The Bertz CT molecular complexity index is 586. The summed E-state index contributed by atoms with van der Waals surface area (Å²) in [4.78, 5) is 11.4. The molecule has 2 aliphatic heterocycles. The Balaban J connectivity index is 1.99. The van der Waals surface area contributed by atoms with Gasteiger partial charge in [-0.1, -0.05) is 19.6 Å². The van der Waals surface area contributed by atoms with Crippen LogP contribution in [0.15, 0.2) is 0 Å². The molecule has 13 heteroatoms. The van der Waals surface area contributed by atoms with E-state index in [0.717, 1.165) is 6.04 Å². The molecule has 0 aliphatic carbocycles. The minimum Gasteiger partial charge on any atom is -0.479 e. The molecule has 31 heavy (non-hydrogen) atoms. The Morgan fingerprint density at radius 3 is 2.00 bits per heavy atom. The van der Waals surface area contributed by atoms with Crippen LogP contribution >= 0.6 is 0 Å². The van der Waals surface area contributed by atoms with E-state index in [2.05, 4.69) is 19.6 Å². The van der Waals surface area contributed by atoms with Crippen LogP contribution < -0.4 is 0 Å². The quantitative estimate of drug-likeness (QED) is 0.199. The van der Waals surface area contributed by atoms with Gasteiger partial charge in [-0.05, 0) is 6.04 Å². The predicted molar refractivity (Wildman–Crippen MR) is 106 cm³/mol. The van der Waals surface area contributed by atoms with Gasteiger partial charge in [-0.15, -0.1) is 0 Å². The zero-order valence-electron chi connectivity index (χ0n) is 18.0. The number of ether oxygens (including phenoxy) is 5. The van der Waals surface area contributed by atoms with Crippen LogP contribution in [-0.4, -0.2) is 126 Å². The monoisotopic (exact) mass is 470 g/mol. The number of aliphatic hydroxyl groups excluding tert-OH is 5. The van der Waals surface area contributed by atoms with E-state index in [1.807, 2.05) is 0 Å². The fraction of sp³-hybridized carbons (Fsp3) is 0.944. The summed E-state index contributed by atoms with van der Waals surface area (Å²) in [5.41, 5.74) is 0. The number of carboxylic acids is 1. The first-order valence-electron chi connectivity index (χ1n) is 10.1. The van der Waals surface area contributed by atoms with Gasteiger partial charge < -0.3 is 54.3 Å². The SMILES string of the molecule is CO[C@H]1[C@H](O)[C@@H](O)[C@H](OC[C@H]2O[C@@H](OCC[Si](C)(C)C)[C@H](O)[C@@H](O)[C@H]2O)O[C@@H]1C(=O)O. The van der Waals surface area contributed by atoms with Crippen molar-refractivity contribution in [2.75, 3.05) is 20.3 Å². The Labute approximate surface area is 181 Å². The number of hydrogen-bond acceptors (Lipinski definition) is 11. The summed E-state index contributed by atoms with van der Waals surface area (Å²) >= 11 is 0. The normalized spacial score (nSPS) is 41.8. The molecule has 2 saturated heterocycles. The van der Waals surface area contributed by atoms with Crippen molar-refractivity contribution in [1.82, 2.24) is 0 Å². The highest BCUT2D eigenvalue weighted by atomic mass is 28.3. The van der Waals surface area contributed by atoms with Gasteiger partial charge in [-0.3, -0.25) is 0 Å². The summed E-state index contributed by atoms with van der Waals surface area (Å²) in [7, 11) is -0.244. The van der Waals surface area contributed by atoms with Crippen LogP contribution in [0.2, 0.25) is 25.7 Å². The van der Waals surface area contributed by atoms with E-state index in [0.29, 0.717) is 6.61 Å². The van der Waals surface area contributed by atoms with Crippen LogP contribution in [0.25, 0.3) is 0 Å². The van der Waals surface area contributed by atoms with E-state index >= 15 is 0 Å². The zero-order valence-corrected chi connectivity index (χ0v) is 19.0. The van der Waals surface area contributed by atoms with Gasteiger partial charge in [-0.25, -0.2) is 4.79 Å². The van der Waals surface area contributed by atoms with Crippen molar-refractivity contribution in [3.63, 3.8) is 0 Å². The minimum atomic E-state index is -1.64. The summed E-state index contributed by atoms with van der Waals surface area (Å²) in [6.07, 6.45) is -14.7. The number of hydrogen-bond donors (Lipinski definition) is 6. The average molecular weight is 471 g/mol. The van der Waals surface area contributed by atoms with E-state index in [-0.39, 0.29) is 0 Å². The summed E-state index contributed by atoms with van der Waals surface area (Å²) in [5.74, 6) is -1.42. The Morgan fingerprint density at radius 1 is 0.871 bits per heavy atom. The van der Waals surface area contributed by atoms with E-state index < -0.39 is 82.1 Å². The topological polar surface area (TPSA) is 185 Å². The van der Waals surface area contributed by atoms with E-state index in [1.54, 1.807) is 0 Å². The standard InChI is InChI=1S/C18H34O12Si/c1-26-14-11(21)13(23)18(30-15(14)16(24)25)28-7-8-9(19)10(20)12(22)17(29-8)27-5-6-31(2,3)4/h8-15,17-23H,5-7H2,1-4H3,(H,24,25)/t8-,9+,10+,11-,12-,13-,14+,15+,17-,18-/m1/s1. The fourth-order valence-corrected chi connectivity index (χ4v) is 4.03. The van der Waals surface area contributed by atoms with Crippen LogP contribution in [0.5, 0.6) is 0 Å². The van der Waals surface area contributed by atoms with Crippen molar-refractivity contribution in [3.05, 3.63) is 0 Å². The lowest BCUT2D eigenvalue weighted by Crippen LogP contribution is -2.62. The number of carbonyl (C=O) groups is 1. The minimum absolute atomic E-state index is 0.295. The van der Waals surface area contributed by atoms with Crippen LogP contribution in [0.3, 0.4) is 0 Å². The van der Waals surface area contributed by atoms with Gasteiger partial charge in [0.15, 0.2) is 18.7 Å². The number of aliphatic hydroxyl groups is 5. The molecular weight excluding hydrogens is 436 g/mol. The van der Waals surface area contributed by atoms with E-state index in [4.69, 9.17) is 23.7 Å². The molecule has 0 saturated carbocycles. The number of methoxy groups -OCH3 is 1. The predicted octanol–water partition coefficient (Wildman–Crippen LogP) is -2.29. The van der Waals surface area contributed by atoms with Gasteiger partial charge in [0.05, 0.1) is 6.61 Å². The highest BCUT2D eigenvalue weighted by Crippen LogP contribution is 2.27. The molecule has 0 aromatic carbocycles. The molecule has 0 unspecified atom stereocenters. The molecule has 182 valence electrons. The van der Waals surface area contributed by atoms with Gasteiger partial charge in [0.2, 0.25) is 0 Å². The van der Waals surface area contributed by atoms with E-state index in [9.17, 15) is 35.4 Å². The summed E-state index contributed by atoms with van der Waals surface area (Å²) in [5, 5.41) is 60.1. The third-order valence-electron chi connectivity index (χ3n) is 5.29. The second-order valence-corrected chi connectivity index (χ2v) is 14.6. The average Bonchev–Trinajstić information content (AvgIpc) is 2.68. The Kier molecular flexibility index (Phi) is 9.36. The fourth-order valence-electron chi connectivity index (χ4n) is 3.30. The van der Waals surface area contributed by atoms with E-state index in [1.165, 1.54) is 7.11 Å². The highest BCUT2D eigenvalue weighted by molar-refractivity contribution is 6.76. The molecule has 0 radical (unpaired) electrons. The first-order valence-corrected chi connectivity index (χ1v) is 13.8. The van der Waals surface area contributed by atoms with Crippen molar-refractivity contribution in [2.24, 2.45) is 0 Å². The summed E-state index contributed by atoms with van der Waals surface area (Å²) < 4.78 is 26.5. The number of aliphatic carboxylic acids is 1. The molecule has 12 nitrogen and oxygen atoms in total. The largest absolute Gasteiger partial charge is 0.479 e. The maximum Gasteiger partial charge on any atom is 0.335 e. The lowest BCUT2D eigenvalue weighted by molar-refractivity contribution is -0.328. The maximum atomic E-state index is 11.4. The third-order valence-corrected chi connectivity index (χ3v) is 6.99. The second kappa shape index (κ2) is 10.9. The lowest BCUT2D eigenvalue weighted by atomic mass is 9.98. The van der Waals surface area contributed by atoms with Crippen molar-refractivity contribution >= 4 is 14.0 Å². The van der Waals surface area contributed by atoms with Crippen LogP contribution in [0.4, 0.5) is 0 Å². The molecule has 0 aromatic rings. The molecule has 2 rings (SSSR count). The Hall–Kier alpha value is -0.713. The van der Waals surface area contributed by atoms with Crippen molar-refractivity contribution < 1.29 is 59.1 Å². The summed E-state index contributed by atoms with van der Waals surface area (Å²) in [6, 6.07) is 0.788. The van der Waals surface area contributed by atoms with Crippen molar-refractivity contribution in [3.8, 4) is 0 Å². The van der Waals surface area contributed by atoms with Crippen LogP contribution in [-0.2, 0) is 28.5 Å². The van der Waals surface area contributed by atoms with Crippen molar-refractivity contribution in [1.29, 1.82) is 0 Å². The molecule has 2 heterocycles. The van der Waals surface area contributed by atoms with Gasteiger partial charge in [-0.2, -0.15) is 0 Å². The molecule has 0 aromatic heterocycles. The maximum absolute atomic E-state index is 11.4. The number of carboxylic acid groups (broad SMARTS) is 1. The molecule has 0 spiro atoms. The molecule has 2 fully saturated rings. The van der Waals surface area contributed by atoms with Gasteiger partial charge in [0.25, 0.3) is 0 Å². The molecular formula is C18H34O12Si. The molecule has 2 aliphatic rings. The molecule has 10 atom stereocenters. The summed E-state index contributed by atoms with van der Waals surface area (Å²) in [6.45, 7) is 6.28. The van der Waals surface area contributed by atoms with Crippen LogP contribution in [0.1, 0.15) is 0 Å². The number of rotatable bonds is 9. The second-order valence-electron chi connectivity index (χ2n) is 8.97.